The number of nitrogen functional groups attached to an aromatic ring is 1. The van der Waals surface area contributed by atoms with Crippen LogP contribution in [0.15, 0.2) is 102 Å². The number of carbonyl (C=O) groups is 3. The van der Waals surface area contributed by atoms with Gasteiger partial charge in [-0.3, -0.25) is 29.1 Å². The topological polar surface area (TPSA) is 229 Å². The molecule has 10 rings (SSSR count). The highest BCUT2D eigenvalue weighted by molar-refractivity contribution is 6.30. The van der Waals surface area contributed by atoms with Crippen molar-refractivity contribution in [3.05, 3.63) is 152 Å². The molecule has 84 heavy (non-hydrogen) atoms. The molecule has 4 atom stereocenters. The molecule has 4 aromatic carbocycles. The van der Waals surface area contributed by atoms with Gasteiger partial charge in [0.15, 0.2) is 5.69 Å². The van der Waals surface area contributed by atoms with Crippen molar-refractivity contribution in [2.24, 2.45) is 4.99 Å². The second-order valence-corrected chi connectivity index (χ2v) is 22.2. The molecule has 23 heteroatoms. The zero-order valence-corrected chi connectivity index (χ0v) is 48.7. The second-order valence-electron chi connectivity index (χ2n) is 21.3. The largest absolute Gasteiger partial charge is 0.497 e. The average Bonchev–Trinajstić information content (AvgIpc) is 4.09. The number of piperazine rings is 1. The van der Waals surface area contributed by atoms with Crippen LogP contribution in [0.25, 0.3) is 11.1 Å². The van der Waals surface area contributed by atoms with Crippen LogP contribution in [0.5, 0.6) is 11.5 Å². The number of fused-ring (bicyclic) bond motifs is 8. The number of anilines is 2. The highest BCUT2D eigenvalue weighted by Gasteiger charge is 2.46. The summed E-state index contributed by atoms with van der Waals surface area (Å²) < 4.78 is 40.0. The van der Waals surface area contributed by atoms with Gasteiger partial charge in [0.1, 0.15) is 47.3 Å². The van der Waals surface area contributed by atoms with Gasteiger partial charge in [-0.15, -0.1) is 0 Å². The Bertz CT molecular complexity index is 3450. The Morgan fingerprint density at radius 3 is 2.36 bits per heavy atom. The van der Waals surface area contributed by atoms with Crippen LogP contribution in [0.3, 0.4) is 0 Å². The number of benzene rings is 4. The first-order valence-corrected chi connectivity index (χ1v) is 28.8. The van der Waals surface area contributed by atoms with Crippen LogP contribution in [0.4, 0.5) is 20.7 Å². The molecule has 0 spiro atoms. The van der Waals surface area contributed by atoms with Crippen molar-refractivity contribution in [1.29, 1.82) is 5.26 Å². The molecule has 20 nitrogen and oxygen atoms in total. The Hall–Kier alpha value is -7.84. The molecule has 4 amide bonds. The van der Waals surface area contributed by atoms with E-state index in [4.69, 9.17) is 52.9 Å². The van der Waals surface area contributed by atoms with Gasteiger partial charge in [0.05, 0.1) is 88.3 Å². The number of nitriles is 1. The first-order chi connectivity index (χ1) is 40.6. The van der Waals surface area contributed by atoms with Crippen molar-refractivity contribution in [3.63, 3.8) is 0 Å². The van der Waals surface area contributed by atoms with Gasteiger partial charge in [0.25, 0.3) is 5.91 Å². The lowest BCUT2D eigenvalue weighted by atomic mass is 9.93. The Kier molecular flexibility index (Phi) is 18.6. The van der Waals surface area contributed by atoms with E-state index in [0.29, 0.717) is 99.2 Å². The number of hydrogen-bond acceptors (Lipinski definition) is 15. The summed E-state index contributed by atoms with van der Waals surface area (Å²) in [5.74, 6) is 0.725. The number of nitrogens with one attached hydrogen (secondary N) is 1. The smallest absolute Gasteiger partial charge is 0.326 e. The highest BCUT2D eigenvalue weighted by atomic mass is 35.5. The highest BCUT2D eigenvalue weighted by Crippen LogP contribution is 2.47. The van der Waals surface area contributed by atoms with Crippen LogP contribution in [-0.4, -0.2) is 155 Å². The number of amidine groups is 1. The molecular formula is C61H67Cl2FN12O8. The monoisotopic (exact) mass is 1180 g/mol. The minimum Gasteiger partial charge on any atom is -0.497 e. The molecule has 0 aliphatic carbocycles. The fraction of sp³-hybridized carbons (Fsp3) is 0.393. The van der Waals surface area contributed by atoms with Crippen molar-refractivity contribution in [2.45, 2.75) is 76.7 Å². The minimum atomic E-state index is -0.991. The quantitative estimate of drug-likeness (QED) is 0.0687. The van der Waals surface area contributed by atoms with Crippen LogP contribution in [0.1, 0.15) is 95.2 Å². The minimum absolute atomic E-state index is 0.0228. The van der Waals surface area contributed by atoms with E-state index in [-0.39, 0.29) is 101 Å². The molecule has 2 aromatic heterocycles. The molecule has 0 saturated carbocycles. The van der Waals surface area contributed by atoms with Gasteiger partial charge in [-0.2, -0.15) is 10.4 Å². The van der Waals surface area contributed by atoms with Crippen LogP contribution in [0.2, 0.25) is 10.0 Å². The van der Waals surface area contributed by atoms with Gasteiger partial charge >= 0.3 is 6.03 Å². The number of rotatable bonds is 18. The van der Waals surface area contributed by atoms with Crippen LogP contribution in [-0.2, 0) is 27.4 Å². The lowest BCUT2D eigenvalue weighted by molar-refractivity contribution is -0.122. The van der Waals surface area contributed by atoms with Gasteiger partial charge in [0, 0.05) is 85.2 Å². The molecule has 6 aromatic rings. The number of halogens is 3. The Morgan fingerprint density at radius 2 is 1.64 bits per heavy atom. The summed E-state index contributed by atoms with van der Waals surface area (Å²) in [5.41, 5.74) is 12.1. The SMILES string of the molecule is COc1ccc(C2=N[C@@H](c3ccc(Cl)cc3)[C@@H](c3ccc(Cl)cc3)N2C(=O)N2CCN(CCOCCOCCC(=O)NCCn3nc(C#N)c4c3CN(C)C(=O)c3ccc(F)cc3[C@H]3CCCN3c3cc-4cnc3N)C(O)C2)c(OC(C)C)c1. The lowest BCUT2D eigenvalue weighted by Crippen LogP contribution is -2.58. The molecular weight excluding hydrogens is 1120 g/mol. The molecule has 4 N–H and O–H groups in total. The molecule has 4 aliphatic rings. The predicted octanol–water partition coefficient (Wildman–Crippen LogP) is 8.41. The maximum absolute atomic E-state index is 15.2. The van der Waals surface area contributed by atoms with Gasteiger partial charge < -0.3 is 49.8 Å². The third-order valence-electron chi connectivity index (χ3n) is 15.5. The molecule has 4 aliphatic heterocycles. The number of β-amino-alcohol motifs (C(OH)–C–C–N with tert-alkyl or cyclic N) is 1. The van der Waals surface area contributed by atoms with Gasteiger partial charge in [-0.05, 0) is 104 Å². The van der Waals surface area contributed by atoms with E-state index < -0.39 is 24.1 Å². The zero-order chi connectivity index (χ0) is 59.2. The molecule has 440 valence electrons. The summed E-state index contributed by atoms with van der Waals surface area (Å²) in [6, 6.07) is 26.7. The fourth-order valence-corrected chi connectivity index (χ4v) is 11.7. The molecule has 6 heterocycles. The number of urea groups is 1. The number of nitrogens with two attached hydrogens (primary N) is 1. The van der Waals surface area contributed by atoms with Crippen LogP contribution in [0, 0.1) is 17.1 Å². The maximum atomic E-state index is 15.2. The number of nitrogens with zero attached hydrogens (tertiary/aromatic N) is 10. The second kappa shape index (κ2) is 26.4. The van der Waals surface area contributed by atoms with Crippen LogP contribution >= 0.6 is 23.2 Å². The van der Waals surface area contributed by atoms with Gasteiger partial charge in [0.2, 0.25) is 5.91 Å². The van der Waals surface area contributed by atoms with E-state index in [0.717, 1.165) is 17.5 Å². The summed E-state index contributed by atoms with van der Waals surface area (Å²) in [5, 5.41) is 30.5. The summed E-state index contributed by atoms with van der Waals surface area (Å²) in [6.45, 7) is 6.84. The molecule has 0 radical (unpaired) electrons. The van der Waals surface area contributed by atoms with Crippen molar-refractivity contribution in [2.75, 3.05) is 90.5 Å². The number of methoxy groups -OCH3 is 1. The molecule has 2 saturated heterocycles. The van der Waals surface area contributed by atoms with E-state index in [1.807, 2.05) is 66.1 Å². The third kappa shape index (κ3) is 12.9. The van der Waals surface area contributed by atoms with E-state index in [2.05, 4.69) is 21.5 Å². The molecule has 2 bridgehead atoms. The zero-order valence-electron chi connectivity index (χ0n) is 47.2. The Morgan fingerprint density at radius 1 is 0.917 bits per heavy atom. The standard InChI is InChI=1S/C61H67Cl2FN12O8/c1-37(2)84-52-32-44(81-4)16-18-46(52)59-69-56(38-7-11-41(62)12-8-38)57(39-9-13-42(63)14-10-39)76(59)61(80)73-24-23-72(54(78)36-73)25-27-83-29-28-82-26-19-53(77)67-20-22-75-51-35-71(3)60(79)45-17-15-43(64)31-47(45)49-6-5-21-74(49)50-30-40(34-68-58(50)66)55(51)48(33-65)70-75/h7-18,30-32,34,37,49,54,56-57,78H,5-6,19-29,35-36H2,1-4H3,(H2,66,68)(H,67,77)/t49-,54?,56+,57-/m1/s1. The van der Waals surface area contributed by atoms with Gasteiger partial charge in [-0.1, -0.05) is 47.5 Å². The van der Waals surface area contributed by atoms with Crippen molar-refractivity contribution < 1.29 is 42.8 Å². The number of carbonyl (C=O) groups excluding carboxylic acids is 3. The van der Waals surface area contributed by atoms with E-state index >= 15 is 4.79 Å². The predicted molar refractivity (Wildman–Crippen MR) is 315 cm³/mol. The first-order valence-electron chi connectivity index (χ1n) is 28.0. The summed E-state index contributed by atoms with van der Waals surface area (Å²) in [6.07, 6.45) is 1.94. The molecule has 2 fully saturated rings. The number of aliphatic hydroxyl groups excluding tert-OH is 1. The van der Waals surface area contributed by atoms with E-state index in [1.54, 1.807) is 65.2 Å². The lowest BCUT2D eigenvalue weighted by Gasteiger charge is -2.41. The third-order valence-corrected chi connectivity index (χ3v) is 16.0. The van der Waals surface area contributed by atoms with Crippen LogP contribution < -0.4 is 25.4 Å². The summed E-state index contributed by atoms with van der Waals surface area (Å²) in [4.78, 5) is 61.0. The summed E-state index contributed by atoms with van der Waals surface area (Å²) in [7, 11) is 3.23. The van der Waals surface area contributed by atoms with E-state index in [1.165, 1.54) is 23.1 Å². The average molecular weight is 1190 g/mol. The molecule has 1 unspecified atom stereocenters. The Balaban J connectivity index is 0.717. The normalized spacial score (nSPS) is 18.8. The maximum Gasteiger partial charge on any atom is 0.326 e. The van der Waals surface area contributed by atoms with Crippen molar-refractivity contribution in [3.8, 4) is 28.7 Å². The van der Waals surface area contributed by atoms with Gasteiger partial charge in [-0.25, -0.2) is 14.2 Å². The first kappa shape index (κ1) is 59.3. The van der Waals surface area contributed by atoms with Crippen molar-refractivity contribution >= 4 is 58.4 Å². The number of ether oxygens (including phenoxy) is 4. The number of hydrogen-bond donors (Lipinski definition) is 3. The number of aliphatic imine (C=N–C) groups is 1. The summed E-state index contributed by atoms with van der Waals surface area (Å²) >= 11 is 12.8. The number of amides is 4. The Labute approximate surface area is 497 Å². The van der Waals surface area contributed by atoms with Crippen molar-refractivity contribution in [1.82, 2.24) is 39.7 Å². The number of pyridine rings is 1. The number of aliphatic hydroxyl groups is 1. The number of aromatic nitrogens is 3. The van der Waals surface area contributed by atoms with E-state index in [9.17, 15) is 24.3 Å². The fourth-order valence-electron chi connectivity index (χ4n) is 11.4.